The maximum Gasteiger partial charge on any atom is 2.00 e. The Hall–Kier alpha value is 1.22. The van der Waals surface area contributed by atoms with Crippen molar-refractivity contribution in [1.82, 2.24) is 0 Å². The largest absolute Gasteiger partial charge is 2.00 e. The molecule has 0 aromatic rings. The molecule has 0 saturated carbocycles. The normalized spacial score (nSPS) is 11.2. The third-order valence-corrected chi connectivity index (χ3v) is 3.27. The molecule has 8 nitrogen and oxygen atoms in total. The zero-order chi connectivity index (χ0) is 14.7. The Morgan fingerprint density at radius 2 is 0.947 bits per heavy atom. The zero-order valence-electron chi connectivity index (χ0n) is 10.8. The van der Waals surface area contributed by atoms with Crippen LogP contribution in [0.2, 0.25) is 0 Å². The van der Waals surface area contributed by atoms with E-state index in [0.717, 1.165) is 0 Å². The summed E-state index contributed by atoms with van der Waals surface area (Å²) in [6.45, 7) is 0.880. The Kier molecular flexibility index (Phi) is 18.8. The van der Waals surface area contributed by atoms with Crippen LogP contribution in [0.3, 0.4) is 0 Å². The van der Waals surface area contributed by atoms with Crippen LogP contribution in [-0.4, -0.2) is 96.0 Å². The fourth-order valence-corrected chi connectivity index (χ4v) is 1.96. The minimum Gasteiger partial charge on any atom is -0.748 e. The van der Waals surface area contributed by atoms with E-state index in [4.69, 9.17) is 11.5 Å². The van der Waals surface area contributed by atoms with Crippen molar-refractivity contribution in [2.75, 3.05) is 24.6 Å². The fraction of sp³-hybridized carbons (Fsp3) is 1.00. The van der Waals surface area contributed by atoms with Gasteiger partial charge in [0.15, 0.2) is 0 Å². The molecule has 0 bridgehead atoms. The molecular formula is C8H20N2O6S2Sr. The summed E-state index contributed by atoms with van der Waals surface area (Å²) in [5.41, 5.74) is 10.1. The van der Waals surface area contributed by atoms with Gasteiger partial charge in [0, 0.05) is 11.5 Å². The van der Waals surface area contributed by atoms with Crippen molar-refractivity contribution < 1.29 is 25.9 Å². The molecule has 0 heterocycles. The van der Waals surface area contributed by atoms with Crippen LogP contribution < -0.4 is 11.5 Å². The van der Waals surface area contributed by atoms with E-state index in [1.807, 2.05) is 0 Å². The van der Waals surface area contributed by atoms with Gasteiger partial charge in [0.1, 0.15) is 0 Å². The van der Waals surface area contributed by atoms with Gasteiger partial charge in [-0.25, -0.2) is 16.8 Å². The van der Waals surface area contributed by atoms with Gasteiger partial charge in [0.05, 0.1) is 20.2 Å². The van der Waals surface area contributed by atoms with Gasteiger partial charge in [-0.1, -0.05) is 0 Å². The summed E-state index contributed by atoms with van der Waals surface area (Å²) in [5.74, 6) is -0.575. The monoisotopic (exact) mass is 392 g/mol. The first-order chi connectivity index (χ1) is 8.12. The van der Waals surface area contributed by atoms with E-state index < -0.39 is 20.2 Å². The minimum atomic E-state index is -4.00. The third kappa shape index (κ3) is 32.6. The molecule has 0 aliphatic rings. The van der Waals surface area contributed by atoms with E-state index in [1.54, 1.807) is 0 Å². The second-order valence-electron chi connectivity index (χ2n) is 3.52. The summed E-state index contributed by atoms with van der Waals surface area (Å²) < 4.78 is 59.5. The maximum atomic E-state index is 9.91. The van der Waals surface area contributed by atoms with E-state index in [0.29, 0.717) is 38.8 Å². The van der Waals surface area contributed by atoms with Gasteiger partial charge in [-0.15, -0.1) is 0 Å². The van der Waals surface area contributed by atoms with Crippen LogP contribution in [0.25, 0.3) is 0 Å². The molecule has 0 aliphatic carbocycles. The van der Waals surface area contributed by atoms with E-state index in [9.17, 15) is 25.9 Å². The average molecular weight is 392 g/mol. The van der Waals surface area contributed by atoms with Crippen molar-refractivity contribution in [3.05, 3.63) is 0 Å². The van der Waals surface area contributed by atoms with Crippen molar-refractivity contribution in [2.45, 2.75) is 25.7 Å². The van der Waals surface area contributed by atoms with Crippen molar-refractivity contribution >= 4 is 65.7 Å². The van der Waals surface area contributed by atoms with Gasteiger partial charge in [-0.3, -0.25) is 0 Å². The molecule has 0 atom stereocenters. The molecule has 112 valence electrons. The SMILES string of the molecule is NCCCCS(=O)(=O)[O-].NCCCCS(=O)(=O)[O-].[Sr+2]. The first kappa shape index (κ1) is 25.2. The van der Waals surface area contributed by atoms with Gasteiger partial charge in [0.25, 0.3) is 0 Å². The maximum absolute atomic E-state index is 9.91. The first-order valence-corrected chi connectivity index (χ1v) is 8.55. The molecule has 0 saturated heterocycles. The van der Waals surface area contributed by atoms with E-state index in [-0.39, 0.29) is 57.0 Å². The van der Waals surface area contributed by atoms with Gasteiger partial charge in [-0.05, 0) is 38.8 Å². The van der Waals surface area contributed by atoms with Gasteiger partial charge >= 0.3 is 45.5 Å². The molecule has 0 aliphatic heterocycles. The van der Waals surface area contributed by atoms with Gasteiger partial charge in [0.2, 0.25) is 0 Å². The topological polar surface area (TPSA) is 166 Å². The molecule has 0 aromatic heterocycles. The van der Waals surface area contributed by atoms with Crippen molar-refractivity contribution in [3.63, 3.8) is 0 Å². The molecular weight excluding hydrogens is 372 g/mol. The number of unbranched alkanes of at least 4 members (excludes halogenated alkanes) is 2. The number of hydrogen-bond acceptors (Lipinski definition) is 8. The Balaban J connectivity index is -0.000000256. The second-order valence-corrected chi connectivity index (χ2v) is 6.56. The first-order valence-electron chi connectivity index (χ1n) is 5.39. The Bertz CT molecular complexity index is 346. The van der Waals surface area contributed by atoms with Crippen molar-refractivity contribution in [1.29, 1.82) is 0 Å². The molecule has 0 amide bonds. The van der Waals surface area contributed by atoms with E-state index in [1.165, 1.54) is 0 Å². The van der Waals surface area contributed by atoms with Crippen LogP contribution in [-0.2, 0) is 20.2 Å². The summed E-state index contributed by atoms with van der Waals surface area (Å²) in [5, 5.41) is 0. The average Bonchev–Trinajstić information content (AvgIpc) is 2.16. The molecule has 0 aromatic carbocycles. The summed E-state index contributed by atoms with van der Waals surface area (Å²) >= 11 is 0. The second kappa shape index (κ2) is 14.2. The summed E-state index contributed by atoms with van der Waals surface area (Å²) in [7, 11) is -8.00. The predicted molar refractivity (Wildman–Crippen MR) is 71.5 cm³/mol. The Labute approximate surface area is 152 Å². The van der Waals surface area contributed by atoms with Gasteiger partial charge in [-0.2, -0.15) is 0 Å². The standard InChI is InChI=1S/2C4H11NO3S.Sr/c2*5-3-1-2-4-9(6,7)8;/h2*1-5H2,(H,6,7,8);/q;;+2/p-2. The molecule has 19 heavy (non-hydrogen) atoms. The molecule has 0 radical (unpaired) electrons. The summed E-state index contributed by atoms with van der Waals surface area (Å²) in [4.78, 5) is 0. The van der Waals surface area contributed by atoms with Crippen LogP contribution in [0.1, 0.15) is 25.7 Å². The van der Waals surface area contributed by atoms with Crippen LogP contribution in [0.5, 0.6) is 0 Å². The predicted octanol–water partition coefficient (Wildman–Crippen LogP) is -1.84. The quantitative estimate of drug-likeness (QED) is 0.276. The summed E-state index contributed by atoms with van der Waals surface area (Å²) in [6.07, 6.45) is 1.95. The zero-order valence-corrected chi connectivity index (χ0v) is 15.9. The fourth-order valence-electron chi connectivity index (χ4n) is 0.846. The van der Waals surface area contributed by atoms with Crippen LogP contribution >= 0.6 is 0 Å². The molecule has 0 spiro atoms. The molecule has 11 heteroatoms. The smallest absolute Gasteiger partial charge is 0.748 e. The Morgan fingerprint density at radius 1 is 0.684 bits per heavy atom. The van der Waals surface area contributed by atoms with E-state index >= 15 is 0 Å². The summed E-state index contributed by atoms with van der Waals surface area (Å²) in [6, 6.07) is 0. The third-order valence-electron chi connectivity index (χ3n) is 1.70. The minimum absolute atomic E-state index is 0. The van der Waals surface area contributed by atoms with E-state index in [2.05, 4.69) is 0 Å². The van der Waals surface area contributed by atoms with Crippen molar-refractivity contribution in [2.24, 2.45) is 11.5 Å². The van der Waals surface area contributed by atoms with Crippen LogP contribution in [0.15, 0.2) is 0 Å². The molecule has 0 rings (SSSR count). The number of hydrogen-bond donors (Lipinski definition) is 2. The molecule has 0 unspecified atom stereocenters. The molecule has 0 fully saturated rings. The van der Waals surface area contributed by atoms with Crippen molar-refractivity contribution in [3.8, 4) is 0 Å². The van der Waals surface area contributed by atoms with Crippen LogP contribution in [0, 0.1) is 0 Å². The Morgan fingerprint density at radius 3 is 1.11 bits per heavy atom. The number of rotatable bonds is 8. The number of nitrogens with two attached hydrogens (primary N) is 2. The van der Waals surface area contributed by atoms with Gasteiger partial charge < -0.3 is 20.6 Å². The molecule has 4 N–H and O–H groups in total. The van der Waals surface area contributed by atoms with Crippen LogP contribution in [0.4, 0.5) is 0 Å².